The van der Waals surface area contributed by atoms with Crippen LogP contribution in [0.15, 0.2) is 23.1 Å². The van der Waals surface area contributed by atoms with Gasteiger partial charge in [0.25, 0.3) is 0 Å². The maximum Gasteiger partial charge on any atom is 0.241 e. The Morgan fingerprint density at radius 1 is 1.39 bits per heavy atom. The van der Waals surface area contributed by atoms with Crippen LogP contribution in [-0.4, -0.2) is 19.3 Å². The van der Waals surface area contributed by atoms with Crippen LogP contribution in [0.2, 0.25) is 0 Å². The van der Waals surface area contributed by atoms with E-state index in [4.69, 9.17) is 0 Å². The Labute approximate surface area is 116 Å². The molecule has 2 unspecified atom stereocenters. The highest BCUT2D eigenvalue weighted by atomic mass is 79.9. The molecule has 2 atom stereocenters. The molecule has 0 bridgehead atoms. The number of halogens is 2. The summed E-state index contributed by atoms with van der Waals surface area (Å²) in [7, 11) is -3.59. The van der Waals surface area contributed by atoms with Gasteiger partial charge in [0.1, 0.15) is 5.82 Å². The highest BCUT2D eigenvalue weighted by molar-refractivity contribution is 9.09. The van der Waals surface area contributed by atoms with Crippen LogP contribution in [0.4, 0.5) is 4.39 Å². The van der Waals surface area contributed by atoms with Crippen LogP contribution in [0.5, 0.6) is 0 Å². The normalized spacial score (nSPS) is 15.4. The van der Waals surface area contributed by atoms with Gasteiger partial charge in [0, 0.05) is 10.9 Å². The summed E-state index contributed by atoms with van der Waals surface area (Å²) in [5.41, 5.74) is 0.404. The highest BCUT2D eigenvalue weighted by Gasteiger charge is 2.20. The third-order valence-electron chi connectivity index (χ3n) is 2.46. The van der Waals surface area contributed by atoms with Gasteiger partial charge in [-0.2, -0.15) is 0 Å². The second-order valence-corrected chi connectivity index (χ2v) is 7.69. The van der Waals surface area contributed by atoms with E-state index in [1.807, 2.05) is 6.92 Å². The molecular formula is C12H17BrFNO2S. The maximum absolute atomic E-state index is 12.9. The topological polar surface area (TPSA) is 46.2 Å². The molecule has 0 spiro atoms. The molecule has 1 aromatic carbocycles. The van der Waals surface area contributed by atoms with Crippen LogP contribution in [0, 0.1) is 12.7 Å². The molecule has 6 heteroatoms. The molecule has 1 N–H and O–H groups in total. The van der Waals surface area contributed by atoms with Crippen molar-refractivity contribution in [2.75, 3.05) is 0 Å². The fraction of sp³-hybridized carbons (Fsp3) is 0.500. The van der Waals surface area contributed by atoms with Crippen molar-refractivity contribution in [2.24, 2.45) is 0 Å². The van der Waals surface area contributed by atoms with Gasteiger partial charge in [0.15, 0.2) is 0 Å². The number of benzene rings is 1. The van der Waals surface area contributed by atoms with Gasteiger partial charge in [-0.15, -0.1) is 0 Å². The van der Waals surface area contributed by atoms with Crippen molar-refractivity contribution >= 4 is 26.0 Å². The molecule has 0 saturated carbocycles. The van der Waals surface area contributed by atoms with E-state index in [2.05, 4.69) is 20.7 Å². The highest BCUT2D eigenvalue weighted by Crippen LogP contribution is 2.17. The first-order chi connectivity index (χ1) is 8.22. The third kappa shape index (κ3) is 4.33. The maximum atomic E-state index is 12.9. The first-order valence-corrected chi connectivity index (χ1v) is 8.05. The van der Waals surface area contributed by atoms with Crippen molar-refractivity contribution in [3.05, 3.63) is 29.6 Å². The predicted molar refractivity (Wildman–Crippen MR) is 73.9 cm³/mol. The summed E-state index contributed by atoms with van der Waals surface area (Å²) in [4.78, 5) is 0.350. The number of rotatable bonds is 5. The molecular weight excluding hydrogens is 321 g/mol. The van der Waals surface area contributed by atoms with Crippen LogP contribution in [0.25, 0.3) is 0 Å². The van der Waals surface area contributed by atoms with Crippen molar-refractivity contribution in [1.29, 1.82) is 0 Å². The Kier molecular flexibility index (Phi) is 5.31. The van der Waals surface area contributed by atoms with E-state index >= 15 is 0 Å². The number of nitrogens with one attached hydrogen (secondary N) is 1. The lowest BCUT2D eigenvalue weighted by atomic mass is 10.2. The van der Waals surface area contributed by atoms with E-state index in [0.29, 0.717) is 12.0 Å². The zero-order valence-electron chi connectivity index (χ0n) is 10.6. The molecule has 3 nitrogen and oxygen atoms in total. The minimum atomic E-state index is -3.59. The Hall–Kier alpha value is -0.460. The quantitative estimate of drug-likeness (QED) is 0.839. The Morgan fingerprint density at radius 2 is 2.00 bits per heavy atom. The molecule has 0 aliphatic rings. The van der Waals surface area contributed by atoms with Gasteiger partial charge in [-0.25, -0.2) is 17.5 Å². The summed E-state index contributed by atoms with van der Waals surface area (Å²) in [5, 5.41) is 0. The number of sulfonamides is 1. The molecule has 102 valence electrons. The molecule has 1 rings (SSSR count). The summed E-state index contributed by atoms with van der Waals surface area (Å²) in [6, 6.07) is 3.47. The summed E-state index contributed by atoms with van der Waals surface area (Å²) in [6.45, 7) is 5.33. The smallest absolute Gasteiger partial charge is 0.208 e. The number of hydrogen-bond donors (Lipinski definition) is 1. The first-order valence-electron chi connectivity index (χ1n) is 5.65. The van der Waals surface area contributed by atoms with Crippen molar-refractivity contribution in [2.45, 2.75) is 43.0 Å². The SMILES string of the molecule is Cc1cc(F)ccc1S(=O)(=O)NC(C)CC(C)Br. The van der Waals surface area contributed by atoms with E-state index in [9.17, 15) is 12.8 Å². The Bertz CT molecular complexity index is 517. The Morgan fingerprint density at radius 3 is 2.50 bits per heavy atom. The molecule has 0 aliphatic heterocycles. The minimum Gasteiger partial charge on any atom is -0.208 e. The van der Waals surface area contributed by atoms with Crippen LogP contribution in [-0.2, 0) is 10.0 Å². The molecule has 0 saturated heterocycles. The zero-order valence-corrected chi connectivity index (χ0v) is 13.0. The van der Waals surface area contributed by atoms with Crippen molar-refractivity contribution in [3.63, 3.8) is 0 Å². The molecule has 0 aromatic heterocycles. The van der Waals surface area contributed by atoms with Crippen LogP contribution >= 0.6 is 15.9 Å². The lowest BCUT2D eigenvalue weighted by Gasteiger charge is -2.16. The van der Waals surface area contributed by atoms with Crippen molar-refractivity contribution < 1.29 is 12.8 Å². The van der Waals surface area contributed by atoms with Crippen LogP contribution in [0.1, 0.15) is 25.8 Å². The van der Waals surface area contributed by atoms with Gasteiger partial charge in [0.05, 0.1) is 4.90 Å². The standard InChI is InChI=1S/C12H17BrFNO2S/c1-8-6-11(14)4-5-12(8)18(16,17)15-10(3)7-9(2)13/h4-6,9-10,15H,7H2,1-3H3. The molecule has 0 radical (unpaired) electrons. The van der Waals surface area contributed by atoms with Gasteiger partial charge < -0.3 is 0 Å². The summed E-state index contributed by atoms with van der Waals surface area (Å²) >= 11 is 3.38. The average Bonchev–Trinajstić information content (AvgIpc) is 2.13. The first kappa shape index (κ1) is 15.6. The zero-order chi connectivity index (χ0) is 13.9. The fourth-order valence-electron chi connectivity index (χ4n) is 1.78. The van der Waals surface area contributed by atoms with Gasteiger partial charge in [-0.3, -0.25) is 0 Å². The second-order valence-electron chi connectivity index (χ2n) is 4.45. The van der Waals surface area contributed by atoms with Crippen LogP contribution in [0.3, 0.4) is 0 Å². The summed E-state index contributed by atoms with van der Waals surface area (Å²) in [6.07, 6.45) is 0.680. The number of aryl methyl sites for hydroxylation is 1. The van der Waals surface area contributed by atoms with Crippen LogP contribution < -0.4 is 4.72 Å². The van der Waals surface area contributed by atoms with E-state index in [0.717, 1.165) is 6.07 Å². The average molecular weight is 338 g/mol. The van der Waals surface area contributed by atoms with Crippen molar-refractivity contribution in [3.8, 4) is 0 Å². The Balaban J connectivity index is 2.93. The fourth-order valence-corrected chi connectivity index (χ4v) is 3.82. The van der Waals surface area contributed by atoms with Gasteiger partial charge in [-0.1, -0.05) is 22.9 Å². The molecule has 0 fully saturated rings. The largest absolute Gasteiger partial charge is 0.241 e. The number of alkyl halides is 1. The molecule has 0 heterocycles. The predicted octanol–water partition coefficient (Wildman–Crippen LogP) is 2.97. The van der Waals surface area contributed by atoms with Gasteiger partial charge in [-0.05, 0) is 44.0 Å². The number of hydrogen-bond acceptors (Lipinski definition) is 2. The molecule has 0 amide bonds. The van der Waals surface area contributed by atoms with Gasteiger partial charge >= 0.3 is 0 Å². The molecule has 18 heavy (non-hydrogen) atoms. The molecule has 0 aliphatic carbocycles. The minimum absolute atomic E-state index is 0.123. The second kappa shape index (κ2) is 6.12. The third-order valence-corrected chi connectivity index (χ3v) is 4.58. The van der Waals surface area contributed by atoms with Crippen molar-refractivity contribution in [1.82, 2.24) is 4.72 Å². The monoisotopic (exact) mass is 337 g/mol. The van der Waals surface area contributed by atoms with E-state index in [1.165, 1.54) is 12.1 Å². The van der Waals surface area contributed by atoms with E-state index < -0.39 is 15.8 Å². The molecule has 1 aromatic rings. The lowest BCUT2D eigenvalue weighted by Crippen LogP contribution is -2.34. The van der Waals surface area contributed by atoms with E-state index in [1.54, 1.807) is 13.8 Å². The van der Waals surface area contributed by atoms with E-state index in [-0.39, 0.29) is 15.8 Å². The summed E-state index contributed by atoms with van der Waals surface area (Å²) in [5.74, 6) is -0.437. The van der Waals surface area contributed by atoms with Gasteiger partial charge in [0.2, 0.25) is 10.0 Å². The summed E-state index contributed by atoms with van der Waals surface area (Å²) < 4.78 is 39.7. The lowest BCUT2D eigenvalue weighted by molar-refractivity contribution is 0.547.